The molecule has 3 rings (SSSR count). The lowest BCUT2D eigenvalue weighted by molar-refractivity contribution is -0.384. The van der Waals surface area contributed by atoms with Crippen molar-refractivity contribution in [3.05, 3.63) is 56.3 Å². The van der Waals surface area contributed by atoms with Crippen molar-refractivity contribution in [2.75, 3.05) is 11.4 Å². The third-order valence-electron chi connectivity index (χ3n) is 3.77. The van der Waals surface area contributed by atoms with E-state index in [1.165, 1.54) is 10.9 Å². The van der Waals surface area contributed by atoms with Gasteiger partial charge in [-0.25, -0.2) is 0 Å². The van der Waals surface area contributed by atoms with Crippen LogP contribution in [0.25, 0.3) is 0 Å². The summed E-state index contributed by atoms with van der Waals surface area (Å²) in [6.45, 7) is 0.795. The van der Waals surface area contributed by atoms with E-state index in [1.54, 1.807) is 23.5 Å². The number of hydrogen-bond acceptors (Lipinski definition) is 5. The van der Waals surface area contributed by atoms with Crippen molar-refractivity contribution in [3.8, 4) is 0 Å². The molecule has 0 spiro atoms. The maximum absolute atomic E-state index is 11.3. The molecule has 1 atom stereocenters. The van der Waals surface area contributed by atoms with E-state index in [-0.39, 0.29) is 11.7 Å². The summed E-state index contributed by atoms with van der Waals surface area (Å²) in [5, 5.41) is 13.3. The van der Waals surface area contributed by atoms with Gasteiger partial charge in [-0.15, -0.1) is 11.3 Å². The fourth-order valence-electron chi connectivity index (χ4n) is 2.83. The molecule has 0 bridgehead atoms. The topological polar surface area (TPSA) is 63.5 Å². The number of nitro groups is 1. The van der Waals surface area contributed by atoms with Gasteiger partial charge >= 0.3 is 0 Å². The lowest BCUT2D eigenvalue weighted by atomic mass is 10.1. The van der Waals surface area contributed by atoms with E-state index in [0.717, 1.165) is 19.4 Å². The summed E-state index contributed by atoms with van der Waals surface area (Å²) < 4.78 is 0. The first kappa shape index (κ1) is 13.8. The number of anilines is 1. The summed E-state index contributed by atoms with van der Waals surface area (Å²) in [5.41, 5.74) is 0.932. The van der Waals surface area contributed by atoms with E-state index in [9.17, 15) is 14.9 Å². The second-order valence-electron chi connectivity index (χ2n) is 4.99. The highest BCUT2D eigenvalue weighted by Gasteiger charge is 2.31. The number of thiophene rings is 1. The van der Waals surface area contributed by atoms with Crippen LogP contribution in [0.1, 0.15) is 34.1 Å². The first-order valence-electron chi connectivity index (χ1n) is 6.74. The molecule has 0 unspecified atom stereocenters. The molecule has 21 heavy (non-hydrogen) atoms. The highest BCUT2D eigenvalue weighted by atomic mass is 32.1. The van der Waals surface area contributed by atoms with Crippen molar-refractivity contribution in [1.29, 1.82) is 0 Å². The number of carbonyl (C=O) groups is 1. The fraction of sp³-hybridized carbons (Fsp3) is 0.267. The number of nitro benzene ring substituents is 1. The third-order valence-corrected chi connectivity index (χ3v) is 4.74. The largest absolute Gasteiger partial charge is 0.358 e. The van der Waals surface area contributed by atoms with Crippen LogP contribution in [-0.4, -0.2) is 17.8 Å². The molecule has 5 nitrogen and oxygen atoms in total. The van der Waals surface area contributed by atoms with Crippen molar-refractivity contribution in [3.63, 3.8) is 0 Å². The standard InChI is InChI=1S/C15H14N2O3S/c18-10-11-5-6-12(14(9-11)17(19)20)16-7-1-3-13(16)15-4-2-8-21-15/h2,4-6,8-10,13H,1,3,7H2/t13-/m0/s1. The van der Waals surface area contributed by atoms with Crippen LogP contribution in [0.5, 0.6) is 0 Å². The second kappa shape index (κ2) is 5.65. The lowest BCUT2D eigenvalue weighted by Crippen LogP contribution is -2.22. The van der Waals surface area contributed by atoms with Gasteiger partial charge in [-0.3, -0.25) is 14.9 Å². The zero-order valence-electron chi connectivity index (χ0n) is 11.3. The predicted octanol–water partition coefficient (Wildman–Crippen LogP) is 3.81. The highest BCUT2D eigenvalue weighted by molar-refractivity contribution is 7.10. The minimum absolute atomic E-state index is 0.00283. The zero-order valence-corrected chi connectivity index (χ0v) is 12.1. The van der Waals surface area contributed by atoms with Crippen molar-refractivity contribution in [2.45, 2.75) is 18.9 Å². The molecule has 0 saturated carbocycles. The highest BCUT2D eigenvalue weighted by Crippen LogP contribution is 2.41. The molecular formula is C15H14N2O3S. The van der Waals surface area contributed by atoms with Gasteiger partial charge in [0.25, 0.3) is 5.69 Å². The van der Waals surface area contributed by atoms with E-state index >= 15 is 0 Å². The van der Waals surface area contributed by atoms with E-state index in [0.29, 0.717) is 17.5 Å². The zero-order chi connectivity index (χ0) is 14.8. The number of carbonyl (C=O) groups excluding carboxylic acids is 1. The number of aldehydes is 1. The van der Waals surface area contributed by atoms with E-state index in [4.69, 9.17) is 0 Å². The molecule has 0 aliphatic carbocycles. The number of nitrogens with zero attached hydrogens (tertiary/aromatic N) is 2. The molecule has 1 fully saturated rings. The van der Waals surface area contributed by atoms with Crippen LogP contribution in [0, 0.1) is 10.1 Å². The summed E-state index contributed by atoms with van der Waals surface area (Å²) in [5.74, 6) is 0. The molecule has 0 radical (unpaired) electrons. The van der Waals surface area contributed by atoms with Crippen molar-refractivity contribution >= 4 is 29.0 Å². The fourth-order valence-corrected chi connectivity index (χ4v) is 3.71. The quantitative estimate of drug-likeness (QED) is 0.489. The van der Waals surface area contributed by atoms with Gasteiger partial charge in [0.2, 0.25) is 0 Å². The van der Waals surface area contributed by atoms with Crippen LogP contribution in [0.15, 0.2) is 35.7 Å². The lowest BCUT2D eigenvalue weighted by Gasteiger charge is -2.25. The van der Waals surface area contributed by atoms with Gasteiger partial charge in [-0.1, -0.05) is 6.07 Å². The van der Waals surface area contributed by atoms with Gasteiger partial charge in [-0.2, -0.15) is 0 Å². The van der Waals surface area contributed by atoms with Crippen LogP contribution in [0.2, 0.25) is 0 Å². The molecule has 6 heteroatoms. The monoisotopic (exact) mass is 302 g/mol. The van der Waals surface area contributed by atoms with Gasteiger partial charge in [0.05, 0.1) is 11.0 Å². The van der Waals surface area contributed by atoms with Crippen LogP contribution in [0.4, 0.5) is 11.4 Å². The Balaban J connectivity index is 2.03. The minimum atomic E-state index is -0.411. The Morgan fingerprint density at radius 3 is 2.90 bits per heavy atom. The molecule has 1 aliphatic rings. The van der Waals surface area contributed by atoms with Gasteiger partial charge < -0.3 is 4.90 Å². The third kappa shape index (κ3) is 2.54. The number of hydrogen-bond donors (Lipinski definition) is 0. The smallest absolute Gasteiger partial charge is 0.293 e. The first-order chi connectivity index (χ1) is 10.2. The van der Waals surface area contributed by atoms with Crippen molar-refractivity contribution in [1.82, 2.24) is 0 Å². The molecule has 0 amide bonds. The Morgan fingerprint density at radius 1 is 1.38 bits per heavy atom. The maximum Gasteiger partial charge on any atom is 0.293 e. The Labute approximate surface area is 126 Å². The maximum atomic E-state index is 11.3. The van der Waals surface area contributed by atoms with E-state index < -0.39 is 4.92 Å². The molecule has 1 saturated heterocycles. The molecule has 1 aromatic carbocycles. The van der Waals surface area contributed by atoms with Crippen molar-refractivity contribution < 1.29 is 9.72 Å². The predicted molar refractivity (Wildman–Crippen MR) is 82.1 cm³/mol. The summed E-state index contributed by atoms with van der Waals surface area (Å²) in [6, 6.07) is 8.93. The normalized spacial score (nSPS) is 17.9. The van der Waals surface area contributed by atoms with Crippen LogP contribution in [-0.2, 0) is 0 Å². The molecule has 1 aliphatic heterocycles. The summed E-state index contributed by atoms with van der Waals surface area (Å²) in [7, 11) is 0. The minimum Gasteiger partial charge on any atom is -0.358 e. The first-order valence-corrected chi connectivity index (χ1v) is 7.62. The summed E-state index contributed by atoms with van der Waals surface area (Å²) >= 11 is 1.67. The Kier molecular flexibility index (Phi) is 3.70. The van der Waals surface area contributed by atoms with Gasteiger partial charge in [0.1, 0.15) is 12.0 Å². The molecule has 2 heterocycles. The average molecular weight is 302 g/mol. The van der Waals surface area contributed by atoms with Crippen LogP contribution >= 0.6 is 11.3 Å². The Hall–Kier alpha value is -2.21. The van der Waals surface area contributed by atoms with Gasteiger partial charge in [-0.05, 0) is 36.4 Å². The van der Waals surface area contributed by atoms with E-state index in [1.807, 2.05) is 11.4 Å². The SMILES string of the molecule is O=Cc1ccc(N2CCC[C@H]2c2cccs2)c([N+](=O)[O-])c1. The molecule has 108 valence electrons. The molecule has 0 N–H and O–H groups in total. The van der Waals surface area contributed by atoms with E-state index in [2.05, 4.69) is 11.0 Å². The molecule has 1 aromatic heterocycles. The summed E-state index contributed by atoms with van der Waals surface area (Å²) in [6.07, 6.45) is 2.64. The Bertz CT molecular complexity index is 670. The molecular weight excluding hydrogens is 288 g/mol. The van der Waals surface area contributed by atoms with Gasteiger partial charge in [0.15, 0.2) is 0 Å². The van der Waals surface area contributed by atoms with Crippen molar-refractivity contribution in [2.24, 2.45) is 0 Å². The average Bonchev–Trinajstić information content (AvgIpc) is 3.17. The second-order valence-corrected chi connectivity index (χ2v) is 5.97. The summed E-state index contributed by atoms with van der Waals surface area (Å²) in [4.78, 5) is 25.0. The van der Waals surface area contributed by atoms with Crippen LogP contribution in [0.3, 0.4) is 0 Å². The molecule has 2 aromatic rings. The number of benzene rings is 1. The number of rotatable bonds is 4. The van der Waals surface area contributed by atoms with Gasteiger partial charge in [0, 0.05) is 23.1 Å². The van der Waals surface area contributed by atoms with Crippen LogP contribution < -0.4 is 4.90 Å². The Morgan fingerprint density at radius 2 is 2.24 bits per heavy atom.